The van der Waals surface area contributed by atoms with Gasteiger partial charge < -0.3 is 9.88 Å². The van der Waals surface area contributed by atoms with Gasteiger partial charge in [-0.25, -0.2) is 22.1 Å². The summed E-state index contributed by atoms with van der Waals surface area (Å²) in [5, 5.41) is 27.4. The van der Waals surface area contributed by atoms with Gasteiger partial charge in [-0.05, 0) is 32.0 Å². The second-order valence-electron chi connectivity index (χ2n) is 7.86. The first-order chi connectivity index (χ1) is 19.1. The standard InChI is InChI=1S/C21H21F8N8O3P/c1-3-37(4-2)12-5-6-13(34-35-19-32-15(8-30)16(9-31)33-19)14(7-12)36-41(38,39-10-20(26,27)17(22)23)40-11-21(28,29)18(24)25/h5-7,17-18H,3-4,10-11H2,1-2H3,(H,32,33)(H,36,38). The number of benzene rings is 1. The molecule has 0 saturated carbocycles. The number of azo groups is 1. The maximum absolute atomic E-state index is 13.5. The maximum Gasteiger partial charge on any atom is 0.433 e. The van der Waals surface area contributed by atoms with Gasteiger partial charge >= 0.3 is 32.4 Å². The van der Waals surface area contributed by atoms with Crippen molar-refractivity contribution in [2.75, 3.05) is 36.3 Å². The minimum atomic E-state index is -5.52. The van der Waals surface area contributed by atoms with Crippen LogP contribution in [0.25, 0.3) is 0 Å². The number of halogens is 8. The molecule has 1 aromatic carbocycles. The molecule has 1 heterocycles. The highest BCUT2D eigenvalue weighted by atomic mass is 31.2. The van der Waals surface area contributed by atoms with E-state index < -0.39 is 51.3 Å². The van der Waals surface area contributed by atoms with Crippen molar-refractivity contribution in [3.63, 3.8) is 0 Å². The Hall–Kier alpha value is -3.80. The van der Waals surface area contributed by atoms with Gasteiger partial charge in [-0.2, -0.15) is 33.1 Å². The summed E-state index contributed by atoms with van der Waals surface area (Å²) in [4.78, 5) is 7.77. The topological polar surface area (TPSA) is 152 Å². The van der Waals surface area contributed by atoms with E-state index in [2.05, 4.69) is 29.2 Å². The van der Waals surface area contributed by atoms with Crippen molar-refractivity contribution in [2.24, 2.45) is 10.2 Å². The van der Waals surface area contributed by atoms with Crippen molar-refractivity contribution in [2.45, 2.75) is 38.5 Å². The first-order valence-electron chi connectivity index (χ1n) is 11.3. The fraction of sp³-hybridized carbons (Fsp3) is 0.476. The zero-order valence-electron chi connectivity index (χ0n) is 21.1. The fourth-order valence-corrected chi connectivity index (χ4v) is 4.24. The van der Waals surface area contributed by atoms with Gasteiger partial charge in [0.15, 0.2) is 11.4 Å². The molecule has 41 heavy (non-hydrogen) atoms. The summed E-state index contributed by atoms with van der Waals surface area (Å²) in [5.41, 5.74) is -1.01. The van der Waals surface area contributed by atoms with E-state index >= 15 is 0 Å². The number of nitriles is 2. The molecule has 0 aliphatic heterocycles. The highest BCUT2D eigenvalue weighted by Crippen LogP contribution is 2.52. The van der Waals surface area contributed by atoms with Crippen LogP contribution in [0.3, 0.4) is 0 Å². The average Bonchev–Trinajstić information content (AvgIpc) is 3.33. The van der Waals surface area contributed by atoms with Gasteiger partial charge in [0.2, 0.25) is 5.95 Å². The number of aromatic nitrogens is 2. The van der Waals surface area contributed by atoms with Crippen molar-refractivity contribution in [3.05, 3.63) is 29.6 Å². The molecule has 1 aromatic heterocycles. The van der Waals surface area contributed by atoms with Crippen LogP contribution >= 0.6 is 7.75 Å². The number of hydrogen-bond donors (Lipinski definition) is 2. The van der Waals surface area contributed by atoms with Gasteiger partial charge in [0, 0.05) is 18.8 Å². The Balaban J connectivity index is 2.57. The number of nitrogens with zero attached hydrogens (tertiary/aromatic N) is 6. The minimum Gasteiger partial charge on any atom is -0.372 e. The molecule has 2 rings (SSSR count). The van der Waals surface area contributed by atoms with Crippen LogP contribution in [0, 0.1) is 22.7 Å². The Bertz CT molecular complexity index is 1300. The number of anilines is 2. The summed E-state index contributed by atoms with van der Waals surface area (Å²) in [6.07, 6.45) is -8.64. The SMILES string of the molecule is CCN(CC)c1ccc(N=Nc2nc(C#N)c(C#N)[nH]2)c(NP(=O)(OCC(F)(F)C(F)F)OCC(F)(F)C(F)F)c1. The van der Waals surface area contributed by atoms with Gasteiger partial charge in [-0.1, -0.05) is 0 Å². The van der Waals surface area contributed by atoms with E-state index in [0.717, 1.165) is 0 Å². The van der Waals surface area contributed by atoms with Crippen LogP contribution in [0.2, 0.25) is 0 Å². The molecule has 0 unspecified atom stereocenters. The second kappa shape index (κ2) is 13.7. The second-order valence-corrected chi connectivity index (χ2v) is 9.60. The summed E-state index contributed by atoms with van der Waals surface area (Å²) in [5.74, 6) is -10.2. The third-order valence-corrected chi connectivity index (χ3v) is 6.47. The Morgan fingerprint density at radius 1 is 1.02 bits per heavy atom. The fourth-order valence-electron chi connectivity index (χ4n) is 2.87. The molecule has 0 aliphatic rings. The Kier molecular flexibility index (Phi) is 11.2. The monoisotopic (exact) mass is 616 g/mol. The van der Waals surface area contributed by atoms with Crippen LogP contribution in [0.15, 0.2) is 28.4 Å². The smallest absolute Gasteiger partial charge is 0.372 e. The molecule has 0 saturated heterocycles. The molecule has 0 bridgehead atoms. The summed E-state index contributed by atoms with van der Waals surface area (Å²) in [7, 11) is -5.52. The predicted molar refractivity (Wildman–Crippen MR) is 127 cm³/mol. The lowest BCUT2D eigenvalue weighted by Gasteiger charge is -2.26. The molecule has 20 heteroatoms. The van der Waals surface area contributed by atoms with Crippen LogP contribution < -0.4 is 9.99 Å². The zero-order chi connectivity index (χ0) is 31.0. The first kappa shape index (κ1) is 33.4. The molecule has 2 aromatic rings. The number of hydrogen-bond acceptors (Lipinski definition) is 9. The quantitative estimate of drug-likeness (QED) is 0.126. The Labute approximate surface area is 227 Å². The molecule has 0 radical (unpaired) electrons. The molecular weight excluding hydrogens is 595 g/mol. The number of nitrogens with one attached hydrogen (secondary N) is 2. The summed E-state index contributed by atoms with van der Waals surface area (Å²) >= 11 is 0. The lowest BCUT2D eigenvalue weighted by Crippen LogP contribution is -2.34. The molecule has 11 nitrogen and oxygen atoms in total. The third kappa shape index (κ3) is 8.84. The first-order valence-corrected chi connectivity index (χ1v) is 12.9. The van der Waals surface area contributed by atoms with Crippen molar-refractivity contribution in [1.82, 2.24) is 9.97 Å². The highest BCUT2D eigenvalue weighted by molar-refractivity contribution is 7.55. The molecular formula is C21H21F8N8O3P. The largest absolute Gasteiger partial charge is 0.433 e. The van der Waals surface area contributed by atoms with Gasteiger partial charge in [0.25, 0.3) is 0 Å². The molecule has 0 amide bonds. The maximum atomic E-state index is 13.5. The van der Waals surface area contributed by atoms with E-state index in [1.807, 2.05) is 5.09 Å². The predicted octanol–water partition coefficient (Wildman–Crippen LogP) is 6.77. The van der Waals surface area contributed by atoms with E-state index in [-0.39, 0.29) is 23.0 Å². The van der Waals surface area contributed by atoms with Gasteiger partial charge in [-0.15, -0.1) is 10.2 Å². The van der Waals surface area contributed by atoms with Crippen LogP contribution in [0.4, 0.5) is 58.1 Å². The highest BCUT2D eigenvalue weighted by Gasteiger charge is 2.47. The normalized spacial score (nSPS) is 12.6. The van der Waals surface area contributed by atoms with Gasteiger partial charge in [0.05, 0.1) is 5.69 Å². The number of imidazole rings is 1. The molecule has 0 fully saturated rings. The lowest BCUT2D eigenvalue weighted by molar-refractivity contribution is -0.158. The van der Waals surface area contributed by atoms with Crippen LogP contribution in [0.1, 0.15) is 25.2 Å². The zero-order valence-corrected chi connectivity index (χ0v) is 22.0. The van der Waals surface area contributed by atoms with E-state index in [0.29, 0.717) is 18.8 Å². The Morgan fingerprint density at radius 3 is 2.02 bits per heavy atom. The molecule has 0 spiro atoms. The summed E-state index contributed by atoms with van der Waals surface area (Å²) in [6.45, 7) is -0.302. The Morgan fingerprint density at radius 2 is 1.59 bits per heavy atom. The number of aromatic amines is 1. The number of H-pyrrole nitrogens is 1. The summed E-state index contributed by atoms with van der Waals surface area (Å²) in [6, 6.07) is 7.11. The number of rotatable bonds is 15. The van der Waals surface area contributed by atoms with E-state index in [1.54, 1.807) is 30.9 Å². The molecule has 0 atom stereocenters. The average molecular weight is 616 g/mol. The lowest BCUT2D eigenvalue weighted by atomic mass is 10.2. The van der Waals surface area contributed by atoms with Crippen LogP contribution in [-0.2, 0) is 13.6 Å². The van der Waals surface area contributed by atoms with Gasteiger partial charge in [0.1, 0.15) is 31.0 Å². The molecule has 224 valence electrons. The van der Waals surface area contributed by atoms with Crippen molar-refractivity contribution >= 4 is 30.8 Å². The van der Waals surface area contributed by atoms with Crippen LogP contribution in [-0.4, -0.2) is 61.0 Å². The van der Waals surface area contributed by atoms with E-state index in [9.17, 15) is 39.7 Å². The van der Waals surface area contributed by atoms with Crippen molar-refractivity contribution in [1.29, 1.82) is 10.5 Å². The van der Waals surface area contributed by atoms with E-state index in [1.165, 1.54) is 18.2 Å². The van der Waals surface area contributed by atoms with Crippen molar-refractivity contribution in [3.8, 4) is 12.1 Å². The van der Waals surface area contributed by atoms with Gasteiger partial charge in [-0.3, -0.25) is 14.1 Å². The summed E-state index contributed by atoms with van der Waals surface area (Å²) < 4.78 is 126. The third-order valence-electron chi connectivity index (χ3n) is 5.02. The van der Waals surface area contributed by atoms with Crippen LogP contribution in [0.5, 0.6) is 0 Å². The molecule has 2 N–H and O–H groups in total. The molecule has 0 aliphatic carbocycles. The van der Waals surface area contributed by atoms with Crippen molar-refractivity contribution < 1.29 is 48.7 Å². The van der Waals surface area contributed by atoms with E-state index in [4.69, 9.17) is 10.5 Å². The number of alkyl halides is 8. The minimum absolute atomic E-state index is 0.261.